The SMILES string of the molecule is O=C(c1cc2ccccc2o1)N1CC(Nc2cccnn2)C1. The second kappa shape index (κ2) is 5.14. The fourth-order valence-corrected chi connectivity index (χ4v) is 2.57. The summed E-state index contributed by atoms with van der Waals surface area (Å²) < 4.78 is 5.61. The third-order valence-electron chi connectivity index (χ3n) is 3.73. The molecule has 0 aliphatic carbocycles. The number of hydrogen-bond donors (Lipinski definition) is 1. The number of aromatic nitrogens is 2. The standard InChI is InChI=1S/C16H14N4O2/c21-16(14-8-11-4-1-2-5-13(11)22-14)20-9-12(10-20)18-15-6-3-7-17-19-15/h1-8,12H,9-10H2,(H,18,19). The van der Waals surface area contributed by atoms with Crippen molar-refractivity contribution in [1.29, 1.82) is 0 Å². The minimum atomic E-state index is -0.0756. The number of carbonyl (C=O) groups is 1. The number of furan rings is 1. The van der Waals surface area contributed by atoms with Gasteiger partial charge in [0.2, 0.25) is 0 Å². The van der Waals surface area contributed by atoms with Gasteiger partial charge in [-0.2, -0.15) is 5.10 Å². The summed E-state index contributed by atoms with van der Waals surface area (Å²) in [6.07, 6.45) is 1.63. The molecule has 0 atom stereocenters. The van der Waals surface area contributed by atoms with Gasteiger partial charge in [0.25, 0.3) is 5.91 Å². The first-order valence-electron chi connectivity index (χ1n) is 7.12. The molecule has 0 bridgehead atoms. The van der Waals surface area contributed by atoms with Gasteiger partial charge in [0.1, 0.15) is 11.4 Å². The molecule has 1 saturated heterocycles. The number of benzene rings is 1. The number of amides is 1. The van der Waals surface area contributed by atoms with E-state index in [-0.39, 0.29) is 11.9 Å². The molecule has 0 unspecified atom stereocenters. The van der Waals surface area contributed by atoms with Crippen LogP contribution >= 0.6 is 0 Å². The molecule has 0 spiro atoms. The van der Waals surface area contributed by atoms with Gasteiger partial charge in [-0.25, -0.2) is 0 Å². The Balaban J connectivity index is 1.41. The number of hydrogen-bond acceptors (Lipinski definition) is 5. The lowest BCUT2D eigenvalue weighted by Gasteiger charge is -2.39. The van der Waals surface area contributed by atoms with Crippen molar-refractivity contribution in [2.45, 2.75) is 6.04 Å². The summed E-state index contributed by atoms with van der Waals surface area (Å²) in [4.78, 5) is 14.1. The zero-order chi connectivity index (χ0) is 14.9. The van der Waals surface area contributed by atoms with Crippen LogP contribution in [0.1, 0.15) is 10.6 Å². The van der Waals surface area contributed by atoms with Gasteiger partial charge in [0.15, 0.2) is 5.76 Å². The summed E-state index contributed by atoms with van der Waals surface area (Å²) >= 11 is 0. The van der Waals surface area contributed by atoms with Crippen LogP contribution in [0, 0.1) is 0 Å². The molecule has 2 aromatic heterocycles. The van der Waals surface area contributed by atoms with E-state index < -0.39 is 0 Å². The van der Waals surface area contributed by atoms with Gasteiger partial charge in [-0.1, -0.05) is 18.2 Å². The van der Waals surface area contributed by atoms with Gasteiger partial charge in [-0.3, -0.25) is 4.79 Å². The molecule has 0 saturated carbocycles. The van der Waals surface area contributed by atoms with E-state index in [1.807, 2.05) is 36.4 Å². The number of rotatable bonds is 3. The highest BCUT2D eigenvalue weighted by Gasteiger charge is 2.32. The lowest BCUT2D eigenvalue weighted by molar-refractivity contribution is 0.0594. The van der Waals surface area contributed by atoms with E-state index in [4.69, 9.17) is 4.42 Å². The highest BCUT2D eigenvalue weighted by atomic mass is 16.3. The number of likely N-dealkylation sites (tertiary alicyclic amines) is 1. The van der Waals surface area contributed by atoms with E-state index in [2.05, 4.69) is 15.5 Å². The van der Waals surface area contributed by atoms with E-state index in [9.17, 15) is 4.79 Å². The Morgan fingerprint density at radius 2 is 2.09 bits per heavy atom. The average Bonchev–Trinajstić information content (AvgIpc) is 2.95. The van der Waals surface area contributed by atoms with Crippen LogP contribution in [0.15, 0.2) is 53.1 Å². The number of fused-ring (bicyclic) bond motifs is 1. The fourth-order valence-electron chi connectivity index (χ4n) is 2.57. The molecule has 22 heavy (non-hydrogen) atoms. The minimum absolute atomic E-state index is 0.0756. The second-order valence-electron chi connectivity index (χ2n) is 5.31. The van der Waals surface area contributed by atoms with Crippen LogP contribution in [-0.4, -0.2) is 40.1 Å². The monoisotopic (exact) mass is 294 g/mol. The van der Waals surface area contributed by atoms with Gasteiger partial charge < -0.3 is 14.6 Å². The van der Waals surface area contributed by atoms with Crippen molar-refractivity contribution in [2.24, 2.45) is 0 Å². The Morgan fingerprint density at radius 3 is 2.86 bits per heavy atom. The number of carbonyl (C=O) groups excluding carboxylic acids is 1. The first-order valence-corrected chi connectivity index (χ1v) is 7.12. The maximum atomic E-state index is 12.4. The molecule has 1 aliphatic heterocycles. The van der Waals surface area contributed by atoms with E-state index in [0.717, 1.165) is 16.8 Å². The maximum Gasteiger partial charge on any atom is 0.289 e. The Kier molecular flexibility index (Phi) is 3.00. The maximum absolute atomic E-state index is 12.4. The molecule has 3 heterocycles. The summed E-state index contributed by atoms with van der Waals surface area (Å²) in [5, 5.41) is 12.0. The fraction of sp³-hybridized carbons (Fsp3) is 0.188. The van der Waals surface area contributed by atoms with Crippen LogP contribution in [0.2, 0.25) is 0 Å². The summed E-state index contributed by atoms with van der Waals surface area (Å²) in [5.41, 5.74) is 0.737. The molecule has 6 heteroatoms. The van der Waals surface area contributed by atoms with E-state index in [1.165, 1.54) is 0 Å². The summed E-state index contributed by atoms with van der Waals surface area (Å²) in [6.45, 7) is 1.26. The molecule has 1 aromatic carbocycles. The highest BCUT2D eigenvalue weighted by molar-refractivity contribution is 5.96. The van der Waals surface area contributed by atoms with Crippen LogP contribution in [0.4, 0.5) is 5.82 Å². The van der Waals surface area contributed by atoms with Gasteiger partial charge in [0.05, 0.1) is 6.04 Å². The van der Waals surface area contributed by atoms with Gasteiger partial charge >= 0.3 is 0 Å². The van der Waals surface area contributed by atoms with Gasteiger partial charge in [-0.15, -0.1) is 5.10 Å². The topological polar surface area (TPSA) is 71.3 Å². The van der Waals surface area contributed by atoms with Crippen molar-refractivity contribution in [2.75, 3.05) is 18.4 Å². The number of para-hydroxylation sites is 1. The summed E-state index contributed by atoms with van der Waals surface area (Å²) in [7, 11) is 0. The predicted molar refractivity (Wildman–Crippen MR) is 81.6 cm³/mol. The minimum Gasteiger partial charge on any atom is -0.451 e. The van der Waals surface area contributed by atoms with Crippen LogP contribution < -0.4 is 5.32 Å². The molecule has 1 fully saturated rings. The number of nitrogens with one attached hydrogen (secondary N) is 1. The highest BCUT2D eigenvalue weighted by Crippen LogP contribution is 2.22. The predicted octanol–water partition coefficient (Wildman–Crippen LogP) is 2.16. The normalized spacial score (nSPS) is 14.8. The van der Waals surface area contributed by atoms with E-state index >= 15 is 0 Å². The molecule has 1 N–H and O–H groups in total. The van der Waals surface area contributed by atoms with Crippen LogP contribution in [0.5, 0.6) is 0 Å². The summed E-state index contributed by atoms with van der Waals surface area (Å²) in [5.74, 6) is 1.04. The molecule has 110 valence electrons. The van der Waals surface area contributed by atoms with Crippen LogP contribution in [0.3, 0.4) is 0 Å². The Hall–Kier alpha value is -2.89. The molecular formula is C16H14N4O2. The number of nitrogens with zero attached hydrogens (tertiary/aromatic N) is 3. The van der Waals surface area contributed by atoms with Crippen LogP contribution in [0.25, 0.3) is 11.0 Å². The molecule has 3 aromatic rings. The molecular weight excluding hydrogens is 280 g/mol. The van der Waals surface area contributed by atoms with Gasteiger partial charge in [-0.05, 0) is 24.3 Å². The quantitative estimate of drug-likeness (QED) is 0.801. The van der Waals surface area contributed by atoms with Crippen molar-refractivity contribution in [3.8, 4) is 0 Å². The van der Waals surface area contributed by atoms with Crippen LogP contribution in [-0.2, 0) is 0 Å². The van der Waals surface area contributed by atoms with Gasteiger partial charge in [0, 0.05) is 24.7 Å². The van der Waals surface area contributed by atoms with Crippen molar-refractivity contribution < 1.29 is 9.21 Å². The first kappa shape index (κ1) is 12.8. The zero-order valence-corrected chi connectivity index (χ0v) is 11.8. The Bertz CT molecular complexity index is 776. The van der Waals surface area contributed by atoms with Crippen molar-refractivity contribution in [1.82, 2.24) is 15.1 Å². The van der Waals surface area contributed by atoms with E-state index in [0.29, 0.717) is 18.8 Å². The van der Waals surface area contributed by atoms with Crippen molar-refractivity contribution in [3.63, 3.8) is 0 Å². The van der Waals surface area contributed by atoms with E-state index in [1.54, 1.807) is 17.2 Å². The third kappa shape index (κ3) is 2.28. The molecule has 1 amide bonds. The lowest BCUT2D eigenvalue weighted by Crippen LogP contribution is -2.57. The largest absolute Gasteiger partial charge is 0.451 e. The third-order valence-corrected chi connectivity index (χ3v) is 3.73. The van der Waals surface area contributed by atoms with Crippen molar-refractivity contribution in [3.05, 3.63) is 54.4 Å². The summed E-state index contributed by atoms with van der Waals surface area (Å²) in [6, 6.07) is 13.3. The zero-order valence-electron chi connectivity index (χ0n) is 11.8. The average molecular weight is 294 g/mol. The Morgan fingerprint density at radius 1 is 1.23 bits per heavy atom. The van der Waals surface area contributed by atoms with Crippen molar-refractivity contribution >= 4 is 22.7 Å². The first-order chi connectivity index (χ1) is 10.8. The smallest absolute Gasteiger partial charge is 0.289 e. The molecule has 4 rings (SSSR count). The Labute approximate surface area is 126 Å². The lowest BCUT2D eigenvalue weighted by atomic mass is 10.1. The second-order valence-corrected chi connectivity index (χ2v) is 5.31. The molecule has 6 nitrogen and oxygen atoms in total. The molecule has 0 radical (unpaired) electrons. The molecule has 1 aliphatic rings. The number of anilines is 1.